The summed E-state index contributed by atoms with van der Waals surface area (Å²) >= 11 is 3.27. The van der Waals surface area contributed by atoms with Gasteiger partial charge in [0, 0.05) is 18.7 Å². The number of aryl methyl sites for hydroxylation is 1. The molecule has 0 saturated heterocycles. The molecule has 21 heavy (non-hydrogen) atoms. The van der Waals surface area contributed by atoms with Crippen molar-refractivity contribution in [1.82, 2.24) is 15.0 Å². The maximum Gasteiger partial charge on any atom is 0.164 e. The second-order valence-electron chi connectivity index (χ2n) is 4.24. The first kappa shape index (κ1) is 15.6. The lowest BCUT2D eigenvalue weighted by Crippen LogP contribution is -2.09. The number of rotatable bonds is 5. The number of aromatic nitrogens is 3. The van der Waals surface area contributed by atoms with E-state index in [9.17, 15) is 5.11 Å². The summed E-state index contributed by atoms with van der Waals surface area (Å²) < 4.78 is 17.8. The first-order chi connectivity index (χ1) is 10.0. The molecule has 2 aromatic rings. The third-order valence-electron chi connectivity index (χ3n) is 3.12. The van der Waals surface area contributed by atoms with Crippen molar-refractivity contribution in [1.29, 1.82) is 0 Å². The largest absolute Gasteiger partial charge is 0.496 e. The maximum atomic E-state index is 10.6. The molecule has 1 heterocycles. The van der Waals surface area contributed by atoms with E-state index in [1.165, 1.54) is 26.0 Å². The van der Waals surface area contributed by atoms with Gasteiger partial charge in [-0.3, -0.25) is 0 Å². The number of methoxy groups -OCH3 is 3. The third kappa shape index (κ3) is 2.81. The Balaban J connectivity index is 2.57. The molecule has 0 fully saturated rings. The Bertz CT molecular complexity index is 625. The Kier molecular flexibility index (Phi) is 4.69. The van der Waals surface area contributed by atoms with Crippen molar-refractivity contribution in [2.45, 2.75) is 6.10 Å². The van der Waals surface area contributed by atoms with E-state index in [2.05, 4.69) is 26.2 Å². The highest BCUT2D eigenvalue weighted by molar-refractivity contribution is 9.10. The number of ether oxygens (including phenoxy) is 3. The molecular formula is C13H16BrN3O4. The fourth-order valence-electron chi connectivity index (χ4n) is 2.04. The summed E-state index contributed by atoms with van der Waals surface area (Å²) in [6.07, 6.45) is -0.978. The van der Waals surface area contributed by atoms with Crippen LogP contribution in [0.5, 0.6) is 17.2 Å². The van der Waals surface area contributed by atoms with E-state index in [0.717, 1.165) is 0 Å². The minimum absolute atomic E-state index is 0.467. The predicted molar refractivity (Wildman–Crippen MR) is 78.9 cm³/mol. The van der Waals surface area contributed by atoms with E-state index >= 15 is 0 Å². The van der Waals surface area contributed by atoms with Crippen molar-refractivity contribution in [3.8, 4) is 17.2 Å². The van der Waals surface area contributed by atoms with E-state index < -0.39 is 6.10 Å². The number of halogens is 1. The van der Waals surface area contributed by atoms with Gasteiger partial charge in [0.15, 0.2) is 16.1 Å². The number of aliphatic hydroxyl groups is 1. The van der Waals surface area contributed by atoms with Crippen molar-refractivity contribution in [3.05, 3.63) is 28.0 Å². The predicted octanol–water partition coefficient (Wildman–Crippen LogP) is 1.69. The zero-order valence-corrected chi connectivity index (χ0v) is 13.7. The van der Waals surface area contributed by atoms with Crippen LogP contribution in [0.2, 0.25) is 0 Å². The highest BCUT2D eigenvalue weighted by Crippen LogP contribution is 2.40. The van der Waals surface area contributed by atoms with Crippen LogP contribution >= 0.6 is 15.9 Å². The summed E-state index contributed by atoms with van der Waals surface area (Å²) in [6.45, 7) is 0. The molecule has 2 rings (SSSR count). The number of hydrogen-bond donors (Lipinski definition) is 1. The van der Waals surface area contributed by atoms with Gasteiger partial charge >= 0.3 is 0 Å². The Labute approximate surface area is 130 Å². The Morgan fingerprint density at radius 1 is 1.10 bits per heavy atom. The highest BCUT2D eigenvalue weighted by atomic mass is 79.9. The fourth-order valence-corrected chi connectivity index (χ4v) is 2.59. The molecule has 1 aromatic carbocycles. The van der Waals surface area contributed by atoms with Crippen LogP contribution in [0, 0.1) is 0 Å². The SMILES string of the molecule is COc1cc(OC)c(C(O)c2c(Br)nnn2C)cc1OC. The minimum Gasteiger partial charge on any atom is -0.496 e. The number of benzene rings is 1. The molecule has 0 radical (unpaired) electrons. The smallest absolute Gasteiger partial charge is 0.164 e. The van der Waals surface area contributed by atoms with Crippen LogP contribution in [0.1, 0.15) is 17.4 Å². The topological polar surface area (TPSA) is 78.6 Å². The normalized spacial score (nSPS) is 12.1. The van der Waals surface area contributed by atoms with Gasteiger partial charge in [-0.1, -0.05) is 5.21 Å². The van der Waals surface area contributed by atoms with Gasteiger partial charge in [-0.15, -0.1) is 5.10 Å². The molecule has 114 valence electrons. The summed E-state index contributed by atoms with van der Waals surface area (Å²) in [6, 6.07) is 3.33. The van der Waals surface area contributed by atoms with Crippen LogP contribution in [-0.2, 0) is 7.05 Å². The minimum atomic E-state index is -0.978. The summed E-state index contributed by atoms with van der Waals surface area (Å²) in [5, 5.41) is 18.4. The molecule has 0 aliphatic heterocycles. The number of aliphatic hydroxyl groups excluding tert-OH is 1. The lowest BCUT2D eigenvalue weighted by Gasteiger charge is -2.18. The van der Waals surface area contributed by atoms with Crippen LogP contribution in [-0.4, -0.2) is 41.4 Å². The molecule has 0 spiro atoms. The van der Waals surface area contributed by atoms with E-state index in [1.807, 2.05) is 0 Å². The Hall–Kier alpha value is -1.80. The van der Waals surface area contributed by atoms with Crippen LogP contribution < -0.4 is 14.2 Å². The molecule has 1 N–H and O–H groups in total. The fraction of sp³-hybridized carbons (Fsp3) is 0.385. The average molecular weight is 358 g/mol. The molecule has 0 amide bonds. The van der Waals surface area contributed by atoms with Gasteiger partial charge in [0.25, 0.3) is 0 Å². The molecule has 7 nitrogen and oxygen atoms in total. The highest BCUT2D eigenvalue weighted by Gasteiger charge is 2.24. The van der Waals surface area contributed by atoms with Gasteiger partial charge in [0.05, 0.1) is 21.3 Å². The zero-order valence-electron chi connectivity index (χ0n) is 12.1. The molecule has 1 unspecified atom stereocenters. The van der Waals surface area contributed by atoms with Crippen LogP contribution in [0.15, 0.2) is 16.7 Å². The Morgan fingerprint density at radius 3 is 2.14 bits per heavy atom. The van der Waals surface area contributed by atoms with Crippen LogP contribution in [0.25, 0.3) is 0 Å². The van der Waals surface area contributed by atoms with Crippen molar-refractivity contribution in [2.24, 2.45) is 7.05 Å². The monoisotopic (exact) mass is 357 g/mol. The van der Waals surface area contributed by atoms with Gasteiger partial charge in [-0.25, -0.2) is 4.68 Å². The van der Waals surface area contributed by atoms with Crippen molar-refractivity contribution >= 4 is 15.9 Å². The molecule has 0 aliphatic rings. The molecule has 0 aliphatic carbocycles. The third-order valence-corrected chi connectivity index (χ3v) is 3.68. The van der Waals surface area contributed by atoms with Gasteiger partial charge in [0.2, 0.25) is 0 Å². The van der Waals surface area contributed by atoms with Crippen molar-refractivity contribution < 1.29 is 19.3 Å². The Morgan fingerprint density at radius 2 is 1.67 bits per heavy atom. The standard InChI is InChI=1S/C13H16BrN3O4/c1-17-11(13(14)15-16-17)12(18)7-5-9(20-3)10(21-4)6-8(7)19-2/h5-6,12,18H,1-4H3. The van der Waals surface area contributed by atoms with Crippen LogP contribution in [0.3, 0.4) is 0 Å². The summed E-state index contributed by atoms with van der Waals surface area (Å²) in [7, 11) is 6.29. The average Bonchev–Trinajstić information content (AvgIpc) is 2.84. The van der Waals surface area contributed by atoms with E-state index in [0.29, 0.717) is 33.1 Å². The quantitative estimate of drug-likeness (QED) is 0.876. The molecule has 0 bridgehead atoms. The summed E-state index contributed by atoms with van der Waals surface area (Å²) in [5.74, 6) is 1.50. The molecule has 0 saturated carbocycles. The van der Waals surface area contributed by atoms with Crippen molar-refractivity contribution in [2.75, 3.05) is 21.3 Å². The maximum absolute atomic E-state index is 10.6. The van der Waals surface area contributed by atoms with Gasteiger partial charge in [0.1, 0.15) is 17.5 Å². The number of nitrogens with zero attached hydrogens (tertiary/aromatic N) is 3. The lowest BCUT2D eigenvalue weighted by atomic mass is 10.0. The van der Waals surface area contributed by atoms with Gasteiger partial charge < -0.3 is 19.3 Å². The second-order valence-corrected chi connectivity index (χ2v) is 4.99. The summed E-state index contributed by atoms with van der Waals surface area (Å²) in [5.41, 5.74) is 1.04. The zero-order chi connectivity index (χ0) is 15.6. The van der Waals surface area contributed by atoms with Crippen LogP contribution in [0.4, 0.5) is 0 Å². The number of hydrogen-bond acceptors (Lipinski definition) is 6. The van der Waals surface area contributed by atoms with E-state index in [4.69, 9.17) is 14.2 Å². The second kappa shape index (κ2) is 6.31. The first-order valence-corrected chi connectivity index (χ1v) is 6.85. The molecule has 1 atom stereocenters. The lowest BCUT2D eigenvalue weighted by molar-refractivity contribution is 0.203. The van der Waals surface area contributed by atoms with Gasteiger partial charge in [-0.2, -0.15) is 0 Å². The van der Waals surface area contributed by atoms with E-state index in [1.54, 1.807) is 19.2 Å². The summed E-state index contributed by atoms with van der Waals surface area (Å²) in [4.78, 5) is 0. The molecular weight excluding hydrogens is 342 g/mol. The molecule has 1 aromatic heterocycles. The van der Waals surface area contributed by atoms with Crippen molar-refractivity contribution in [3.63, 3.8) is 0 Å². The molecule has 8 heteroatoms. The van der Waals surface area contributed by atoms with Gasteiger partial charge in [-0.05, 0) is 22.0 Å². The van der Waals surface area contributed by atoms with E-state index in [-0.39, 0.29) is 0 Å². The first-order valence-electron chi connectivity index (χ1n) is 6.06.